The summed E-state index contributed by atoms with van der Waals surface area (Å²) in [4.78, 5) is 26.7. The van der Waals surface area contributed by atoms with Gasteiger partial charge in [0.05, 0.1) is 19.2 Å². The van der Waals surface area contributed by atoms with Gasteiger partial charge in [0, 0.05) is 16.3 Å². The Hall–Kier alpha value is -4.11. The van der Waals surface area contributed by atoms with Crippen molar-refractivity contribution in [1.82, 2.24) is 4.57 Å². The summed E-state index contributed by atoms with van der Waals surface area (Å²) in [5, 5.41) is 11.3. The van der Waals surface area contributed by atoms with Gasteiger partial charge >= 0.3 is 5.63 Å². The Labute approximate surface area is 201 Å². The van der Waals surface area contributed by atoms with Gasteiger partial charge in [-0.2, -0.15) is 0 Å². The lowest BCUT2D eigenvalue weighted by molar-refractivity contribution is 0.415. The minimum absolute atomic E-state index is 0.00476. The standard InChI is InChI=1S/C26H17F2NO5S/c1-33-17-7-10-19-20(12-17)29(13-14-3-2-4-16(28)11-14)25(31)21-22(30)24(26(32)34-23(19)21)35-18-8-5-15(27)6-9-18/h2-12,30H,13H2,1H3. The van der Waals surface area contributed by atoms with Crippen molar-refractivity contribution >= 4 is 33.6 Å². The molecule has 0 unspecified atom stereocenters. The second kappa shape index (κ2) is 8.92. The Morgan fingerprint density at radius 1 is 1.00 bits per heavy atom. The minimum atomic E-state index is -0.844. The molecule has 0 spiro atoms. The first-order valence-electron chi connectivity index (χ1n) is 10.4. The van der Waals surface area contributed by atoms with Crippen molar-refractivity contribution in [2.45, 2.75) is 16.3 Å². The number of pyridine rings is 1. The molecule has 6 nitrogen and oxygen atoms in total. The summed E-state index contributed by atoms with van der Waals surface area (Å²) in [5.41, 5.74) is -0.647. The first kappa shape index (κ1) is 22.7. The van der Waals surface area contributed by atoms with Gasteiger partial charge in [0.25, 0.3) is 5.56 Å². The molecule has 2 heterocycles. The molecule has 5 aromatic rings. The van der Waals surface area contributed by atoms with Crippen LogP contribution in [-0.2, 0) is 6.54 Å². The van der Waals surface area contributed by atoms with Crippen molar-refractivity contribution in [1.29, 1.82) is 0 Å². The van der Waals surface area contributed by atoms with Crippen LogP contribution in [0.4, 0.5) is 8.78 Å². The van der Waals surface area contributed by atoms with Crippen LogP contribution in [0.25, 0.3) is 21.9 Å². The van der Waals surface area contributed by atoms with Crippen LogP contribution in [-0.4, -0.2) is 16.8 Å². The Balaban J connectivity index is 1.80. The van der Waals surface area contributed by atoms with E-state index in [0.29, 0.717) is 27.1 Å². The zero-order chi connectivity index (χ0) is 24.7. The van der Waals surface area contributed by atoms with E-state index in [1.54, 1.807) is 24.3 Å². The summed E-state index contributed by atoms with van der Waals surface area (Å²) in [6.45, 7) is -0.00476. The van der Waals surface area contributed by atoms with Crippen molar-refractivity contribution in [3.05, 3.63) is 105 Å². The van der Waals surface area contributed by atoms with Crippen molar-refractivity contribution in [3.8, 4) is 11.5 Å². The molecular formula is C26H17F2NO5S. The highest BCUT2D eigenvalue weighted by Crippen LogP contribution is 2.37. The Morgan fingerprint density at radius 2 is 1.77 bits per heavy atom. The van der Waals surface area contributed by atoms with Gasteiger partial charge in [-0.05, 0) is 54.1 Å². The SMILES string of the molecule is COc1ccc2c3oc(=O)c(Sc4ccc(F)cc4)c(O)c3c(=O)n(Cc3cccc(F)c3)c2c1. The third-order valence-corrected chi connectivity index (χ3v) is 6.59. The van der Waals surface area contributed by atoms with E-state index in [1.165, 1.54) is 54.1 Å². The lowest BCUT2D eigenvalue weighted by atomic mass is 10.1. The number of hydrogen-bond donors (Lipinski definition) is 1. The first-order valence-corrected chi connectivity index (χ1v) is 11.3. The normalized spacial score (nSPS) is 11.3. The van der Waals surface area contributed by atoms with E-state index in [4.69, 9.17) is 9.15 Å². The summed E-state index contributed by atoms with van der Waals surface area (Å²) >= 11 is 0.856. The summed E-state index contributed by atoms with van der Waals surface area (Å²) in [6, 6.07) is 16.0. The molecule has 9 heteroatoms. The van der Waals surface area contributed by atoms with E-state index in [2.05, 4.69) is 0 Å². The molecule has 0 radical (unpaired) electrons. The number of hydrogen-bond acceptors (Lipinski definition) is 6. The van der Waals surface area contributed by atoms with Gasteiger partial charge in [0.1, 0.15) is 27.7 Å². The number of benzene rings is 3. The molecule has 1 N–H and O–H groups in total. The number of aromatic nitrogens is 1. The van der Waals surface area contributed by atoms with Crippen LogP contribution < -0.4 is 15.9 Å². The van der Waals surface area contributed by atoms with Crippen LogP contribution in [0.2, 0.25) is 0 Å². The smallest absolute Gasteiger partial charge is 0.354 e. The lowest BCUT2D eigenvalue weighted by Gasteiger charge is -2.15. The molecule has 35 heavy (non-hydrogen) atoms. The van der Waals surface area contributed by atoms with Gasteiger partial charge in [0.2, 0.25) is 0 Å². The Bertz CT molecular complexity index is 1710. The van der Waals surface area contributed by atoms with Gasteiger partial charge in [-0.25, -0.2) is 13.6 Å². The maximum absolute atomic E-state index is 13.8. The molecule has 2 aromatic heterocycles. The zero-order valence-electron chi connectivity index (χ0n) is 18.2. The highest BCUT2D eigenvalue weighted by atomic mass is 32.2. The predicted octanol–water partition coefficient (Wildman–Crippen LogP) is 5.30. The quantitative estimate of drug-likeness (QED) is 0.335. The van der Waals surface area contributed by atoms with Gasteiger partial charge in [-0.15, -0.1) is 0 Å². The van der Waals surface area contributed by atoms with Crippen LogP contribution >= 0.6 is 11.8 Å². The molecule has 5 rings (SSSR count). The van der Waals surface area contributed by atoms with Crippen molar-refractivity contribution in [2.24, 2.45) is 0 Å². The van der Waals surface area contributed by atoms with Crippen LogP contribution in [0.1, 0.15) is 5.56 Å². The number of fused-ring (bicyclic) bond motifs is 3. The highest BCUT2D eigenvalue weighted by Gasteiger charge is 2.23. The molecule has 0 aliphatic rings. The summed E-state index contributed by atoms with van der Waals surface area (Å²) in [5.74, 6) is -0.989. The third-order valence-electron chi connectivity index (χ3n) is 5.52. The minimum Gasteiger partial charge on any atom is -0.505 e. The molecule has 0 aliphatic carbocycles. The van der Waals surface area contributed by atoms with Crippen molar-refractivity contribution < 1.29 is 23.0 Å². The zero-order valence-corrected chi connectivity index (χ0v) is 19.1. The number of rotatable bonds is 5. The summed E-state index contributed by atoms with van der Waals surface area (Å²) in [7, 11) is 1.47. The molecule has 0 atom stereocenters. The van der Waals surface area contributed by atoms with Crippen LogP contribution in [0, 0.1) is 11.6 Å². The number of methoxy groups -OCH3 is 1. The molecule has 0 bridgehead atoms. The fourth-order valence-corrected chi connectivity index (χ4v) is 4.71. The molecule has 0 saturated carbocycles. The van der Waals surface area contributed by atoms with Crippen molar-refractivity contribution in [3.63, 3.8) is 0 Å². The van der Waals surface area contributed by atoms with Crippen LogP contribution in [0.3, 0.4) is 0 Å². The van der Waals surface area contributed by atoms with Gasteiger partial charge in [-0.1, -0.05) is 23.9 Å². The first-order chi connectivity index (χ1) is 16.9. The fraction of sp³-hybridized carbons (Fsp3) is 0.0769. The summed E-state index contributed by atoms with van der Waals surface area (Å²) in [6.07, 6.45) is 0. The van der Waals surface area contributed by atoms with E-state index >= 15 is 0 Å². The van der Waals surface area contributed by atoms with Gasteiger partial charge < -0.3 is 18.8 Å². The average Bonchev–Trinajstić information content (AvgIpc) is 2.85. The van der Waals surface area contributed by atoms with Gasteiger partial charge in [0.15, 0.2) is 11.3 Å². The van der Waals surface area contributed by atoms with Crippen LogP contribution in [0.15, 0.2) is 90.5 Å². The largest absolute Gasteiger partial charge is 0.505 e. The number of ether oxygens (including phenoxy) is 1. The van der Waals surface area contributed by atoms with E-state index < -0.39 is 28.6 Å². The predicted molar refractivity (Wildman–Crippen MR) is 128 cm³/mol. The molecule has 3 aromatic carbocycles. The fourth-order valence-electron chi connectivity index (χ4n) is 3.88. The van der Waals surface area contributed by atoms with Gasteiger partial charge in [-0.3, -0.25) is 4.79 Å². The second-order valence-corrected chi connectivity index (χ2v) is 8.82. The maximum atomic E-state index is 13.8. The topological polar surface area (TPSA) is 81.7 Å². The summed E-state index contributed by atoms with van der Waals surface area (Å²) < 4.78 is 39.3. The highest BCUT2D eigenvalue weighted by molar-refractivity contribution is 7.99. The molecular weight excluding hydrogens is 476 g/mol. The molecule has 0 amide bonds. The molecule has 0 saturated heterocycles. The van der Waals surface area contributed by atoms with E-state index in [-0.39, 0.29) is 22.4 Å². The second-order valence-electron chi connectivity index (χ2n) is 7.73. The van der Waals surface area contributed by atoms with E-state index in [1.807, 2.05) is 0 Å². The Morgan fingerprint density at radius 3 is 2.49 bits per heavy atom. The van der Waals surface area contributed by atoms with Crippen molar-refractivity contribution in [2.75, 3.05) is 7.11 Å². The number of aromatic hydroxyl groups is 1. The number of nitrogens with zero attached hydrogens (tertiary/aromatic N) is 1. The molecule has 0 aliphatic heterocycles. The number of halogens is 2. The van der Waals surface area contributed by atoms with E-state index in [9.17, 15) is 23.5 Å². The molecule has 0 fully saturated rings. The lowest BCUT2D eigenvalue weighted by Crippen LogP contribution is -2.23. The average molecular weight is 493 g/mol. The maximum Gasteiger partial charge on any atom is 0.354 e. The third kappa shape index (κ3) is 4.15. The monoisotopic (exact) mass is 493 g/mol. The van der Waals surface area contributed by atoms with Crippen LogP contribution in [0.5, 0.6) is 11.5 Å². The molecule has 176 valence electrons. The van der Waals surface area contributed by atoms with E-state index in [0.717, 1.165) is 11.8 Å². The Kier molecular flexibility index (Phi) is 5.78.